The lowest BCUT2D eigenvalue weighted by Crippen LogP contribution is -2.37. The molecule has 1 amide bonds. The number of thiophene rings is 2. The standard InChI is InChI=1S/C18H24BrN3OS2/c1-20(2)9-11-22-12-10-21(8-7-18(22)23)13-14-3-4-15(24-14)16-5-6-17(19)25-16/h3-6H,7-13H2,1-2H3. The summed E-state index contributed by atoms with van der Waals surface area (Å²) in [6.45, 7) is 5.34. The van der Waals surface area contributed by atoms with Crippen LogP contribution in [0.5, 0.6) is 0 Å². The Hall–Kier alpha value is -0.730. The van der Waals surface area contributed by atoms with Gasteiger partial charge in [0.2, 0.25) is 5.91 Å². The van der Waals surface area contributed by atoms with Crippen LogP contribution in [-0.2, 0) is 11.3 Å². The Morgan fingerprint density at radius 1 is 1.08 bits per heavy atom. The van der Waals surface area contributed by atoms with Gasteiger partial charge in [-0.3, -0.25) is 9.69 Å². The van der Waals surface area contributed by atoms with Crippen molar-refractivity contribution in [1.29, 1.82) is 0 Å². The van der Waals surface area contributed by atoms with Crippen molar-refractivity contribution in [3.8, 4) is 9.75 Å². The number of likely N-dealkylation sites (N-methyl/N-ethyl adjacent to an activating group) is 1. The van der Waals surface area contributed by atoms with E-state index < -0.39 is 0 Å². The maximum atomic E-state index is 12.3. The van der Waals surface area contributed by atoms with Crippen LogP contribution in [0.1, 0.15) is 11.3 Å². The van der Waals surface area contributed by atoms with E-state index in [0.717, 1.165) is 39.3 Å². The average molecular weight is 442 g/mol. The Bertz CT molecular complexity index is 713. The van der Waals surface area contributed by atoms with E-state index >= 15 is 0 Å². The van der Waals surface area contributed by atoms with Crippen LogP contribution in [0.2, 0.25) is 0 Å². The highest BCUT2D eigenvalue weighted by Crippen LogP contribution is 2.35. The number of carbonyl (C=O) groups excluding carboxylic acids is 1. The van der Waals surface area contributed by atoms with Gasteiger partial charge in [-0.05, 0) is 54.3 Å². The van der Waals surface area contributed by atoms with E-state index in [1.54, 1.807) is 11.3 Å². The highest BCUT2D eigenvalue weighted by atomic mass is 79.9. The molecule has 0 spiro atoms. The molecule has 25 heavy (non-hydrogen) atoms. The Morgan fingerprint density at radius 3 is 2.56 bits per heavy atom. The van der Waals surface area contributed by atoms with E-state index in [1.165, 1.54) is 18.4 Å². The van der Waals surface area contributed by atoms with Crippen LogP contribution in [-0.4, -0.2) is 67.4 Å². The molecule has 0 N–H and O–H groups in total. The highest BCUT2D eigenvalue weighted by molar-refractivity contribution is 9.11. The molecule has 0 bridgehead atoms. The fourth-order valence-electron chi connectivity index (χ4n) is 2.89. The molecular weight excluding hydrogens is 418 g/mol. The van der Waals surface area contributed by atoms with Gasteiger partial charge in [0.15, 0.2) is 0 Å². The smallest absolute Gasteiger partial charge is 0.223 e. The molecule has 2 aromatic heterocycles. The summed E-state index contributed by atoms with van der Waals surface area (Å²) in [4.78, 5) is 22.9. The van der Waals surface area contributed by atoms with Gasteiger partial charge < -0.3 is 9.80 Å². The van der Waals surface area contributed by atoms with Crippen LogP contribution in [0.3, 0.4) is 0 Å². The first-order valence-electron chi connectivity index (χ1n) is 8.50. The molecule has 0 aromatic carbocycles. The number of halogens is 1. The molecule has 1 aliphatic rings. The van der Waals surface area contributed by atoms with E-state index in [0.29, 0.717) is 12.3 Å². The van der Waals surface area contributed by atoms with E-state index in [2.05, 4.69) is 64.1 Å². The first-order valence-corrected chi connectivity index (χ1v) is 10.9. The fraction of sp³-hybridized carbons (Fsp3) is 0.500. The largest absolute Gasteiger partial charge is 0.340 e. The molecule has 7 heteroatoms. The van der Waals surface area contributed by atoms with Crippen molar-refractivity contribution >= 4 is 44.5 Å². The lowest BCUT2D eigenvalue weighted by Gasteiger charge is -2.23. The number of carbonyl (C=O) groups is 1. The van der Waals surface area contributed by atoms with Crippen LogP contribution < -0.4 is 0 Å². The van der Waals surface area contributed by atoms with Gasteiger partial charge in [-0.2, -0.15) is 0 Å². The molecule has 3 heterocycles. The van der Waals surface area contributed by atoms with E-state index in [9.17, 15) is 4.79 Å². The number of amides is 1. The third-order valence-electron chi connectivity index (χ3n) is 4.36. The summed E-state index contributed by atoms with van der Waals surface area (Å²) in [6.07, 6.45) is 0.629. The fourth-order valence-corrected chi connectivity index (χ4v) is 5.41. The molecule has 1 aliphatic heterocycles. The summed E-state index contributed by atoms with van der Waals surface area (Å²) in [7, 11) is 4.10. The molecule has 136 valence electrons. The highest BCUT2D eigenvalue weighted by Gasteiger charge is 2.21. The Balaban J connectivity index is 1.57. The van der Waals surface area contributed by atoms with Gasteiger partial charge >= 0.3 is 0 Å². The second-order valence-corrected chi connectivity index (χ2v) is 10.2. The molecule has 0 unspecified atom stereocenters. The molecule has 2 aromatic rings. The summed E-state index contributed by atoms with van der Waals surface area (Å²) in [5, 5.41) is 0. The van der Waals surface area contributed by atoms with Crippen LogP contribution in [0.4, 0.5) is 0 Å². The maximum Gasteiger partial charge on any atom is 0.223 e. The molecule has 4 nitrogen and oxygen atoms in total. The molecule has 0 aliphatic carbocycles. The van der Waals surface area contributed by atoms with Gasteiger partial charge in [0.05, 0.1) is 3.79 Å². The van der Waals surface area contributed by atoms with Crippen LogP contribution in [0, 0.1) is 0 Å². The summed E-state index contributed by atoms with van der Waals surface area (Å²) in [5.41, 5.74) is 0. The molecule has 0 radical (unpaired) electrons. The molecule has 1 fully saturated rings. The normalized spacial score (nSPS) is 16.6. The third-order valence-corrected chi connectivity index (χ3v) is 7.24. The molecule has 0 saturated carbocycles. The second kappa shape index (κ2) is 8.77. The number of nitrogens with zero attached hydrogens (tertiary/aromatic N) is 3. The van der Waals surface area contributed by atoms with Gasteiger partial charge in [0.1, 0.15) is 0 Å². The summed E-state index contributed by atoms with van der Waals surface area (Å²) >= 11 is 7.16. The van der Waals surface area contributed by atoms with Crippen molar-refractivity contribution < 1.29 is 4.79 Å². The Morgan fingerprint density at radius 2 is 1.84 bits per heavy atom. The van der Waals surface area contributed by atoms with Gasteiger partial charge in [-0.25, -0.2) is 0 Å². The molecule has 0 atom stereocenters. The third kappa shape index (κ3) is 5.37. The molecule has 3 rings (SSSR count). The topological polar surface area (TPSA) is 26.8 Å². The van der Waals surface area contributed by atoms with Crippen molar-refractivity contribution in [3.63, 3.8) is 0 Å². The quantitative estimate of drug-likeness (QED) is 0.681. The minimum Gasteiger partial charge on any atom is -0.340 e. The van der Waals surface area contributed by atoms with E-state index in [1.807, 2.05) is 16.2 Å². The summed E-state index contributed by atoms with van der Waals surface area (Å²) in [6, 6.07) is 8.70. The van der Waals surface area contributed by atoms with Gasteiger partial charge in [-0.15, -0.1) is 22.7 Å². The molecule has 1 saturated heterocycles. The predicted molar refractivity (Wildman–Crippen MR) is 110 cm³/mol. The van der Waals surface area contributed by atoms with Crippen molar-refractivity contribution in [2.75, 3.05) is 46.8 Å². The summed E-state index contributed by atoms with van der Waals surface area (Å²) in [5.74, 6) is 0.291. The number of rotatable bonds is 6. The number of hydrogen-bond acceptors (Lipinski definition) is 5. The summed E-state index contributed by atoms with van der Waals surface area (Å²) < 4.78 is 1.17. The van der Waals surface area contributed by atoms with Crippen LogP contribution in [0.15, 0.2) is 28.1 Å². The van der Waals surface area contributed by atoms with Crippen LogP contribution >= 0.6 is 38.6 Å². The first-order chi connectivity index (χ1) is 12.0. The zero-order valence-electron chi connectivity index (χ0n) is 14.7. The monoisotopic (exact) mass is 441 g/mol. The maximum absolute atomic E-state index is 12.3. The Labute approximate surface area is 166 Å². The SMILES string of the molecule is CN(C)CCN1CCN(Cc2ccc(-c3ccc(Br)s3)s2)CCC1=O. The minimum atomic E-state index is 0.291. The van der Waals surface area contributed by atoms with Gasteiger partial charge in [-0.1, -0.05) is 0 Å². The lowest BCUT2D eigenvalue weighted by atomic mass is 10.3. The first kappa shape index (κ1) is 19.0. The van der Waals surface area contributed by atoms with Crippen molar-refractivity contribution in [2.45, 2.75) is 13.0 Å². The number of hydrogen-bond donors (Lipinski definition) is 0. The van der Waals surface area contributed by atoms with Crippen molar-refractivity contribution in [2.24, 2.45) is 0 Å². The zero-order valence-corrected chi connectivity index (χ0v) is 17.9. The zero-order chi connectivity index (χ0) is 17.8. The lowest BCUT2D eigenvalue weighted by molar-refractivity contribution is -0.130. The minimum absolute atomic E-state index is 0.291. The van der Waals surface area contributed by atoms with Crippen LogP contribution in [0.25, 0.3) is 9.75 Å². The molecular formula is C18H24BrN3OS2. The van der Waals surface area contributed by atoms with Crippen molar-refractivity contribution in [3.05, 3.63) is 32.9 Å². The second-order valence-electron chi connectivity index (χ2n) is 6.58. The predicted octanol–water partition coefficient (Wildman–Crippen LogP) is 3.84. The average Bonchev–Trinajstić information content (AvgIpc) is 3.16. The van der Waals surface area contributed by atoms with E-state index in [4.69, 9.17) is 0 Å². The van der Waals surface area contributed by atoms with Crippen molar-refractivity contribution in [1.82, 2.24) is 14.7 Å². The van der Waals surface area contributed by atoms with E-state index in [-0.39, 0.29) is 0 Å². The van der Waals surface area contributed by atoms with Gasteiger partial charge in [0, 0.05) is 60.3 Å². The Kier molecular flexibility index (Phi) is 6.68. The van der Waals surface area contributed by atoms with Gasteiger partial charge in [0.25, 0.3) is 0 Å².